The van der Waals surface area contributed by atoms with Crippen molar-refractivity contribution in [3.8, 4) is 28.3 Å². The van der Waals surface area contributed by atoms with Crippen LogP contribution in [0.15, 0.2) is 73.1 Å². The summed E-state index contributed by atoms with van der Waals surface area (Å²) in [6, 6.07) is 18.3. The first-order valence-corrected chi connectivity index (χ1v) is 12.4. The molecule has 5 rings (SSSR count). The van der Waals surface area contributed by atoms with E-state index in [4.69, 9.17) is 20.4 Å². The number of rotatable bonds is 8. The van der Waals surface area contributed by atoms with Crippen molar-refractivity contribution in [3.63, 3.8) is 0 Å². The second-order valence-electron chi connectivity index (χ2n) is 8.52. The smallest absolute Gasteiger partial charge is 0.162 e. The van der Waals surface area contributed by atoms with E-state index in [0.29, 0.717) is 29.5 Å². The van der Waals surface area contributed by atoms with Gasteiger partial charge < -0.3 is 15.8 Å². The molecule has 0 saturated carbocycles. The van der Waals surface area contributed by atoms with Gasteiger partial charge in [-0.3, -0.25) is 4.98 Å². The number of nitrogens with one attached hydrogen (secondary N) is 1. The Bertz CT molecular complexity index is 1490. The maximum atomic E-state index is 14.3. The summed E-state index contributed by atoms with van der Waals surface area (Å²) < 4.78 is 20.8. The first-order valence-electron chi connectivity index (χ1n) is 11.6. The van der Waals surface area contributed by atoms with E-state index in [9.17, 15) is 4.39 Å². The number of nitrogens with zero attached hydrogens (tertiary/aromatic N) is 3. The summed E-state index contributed by atoms with van der Waals surface area (Å²) in [5.41, 5.74) is 10.7. The highest BCUT2D eigenvalue weighted by molar-refractivity contribution is 7.20. The van der Waals surface area contributed by atoms with Crippen LogP contribution in [0.25, 0.3) is 32.7 Å². The zero-order valence-corrected chi connectivity index (χ0v) is 20.8. The lowest BCUT2D eigenvalue weighted by atomic mass is 10.0. The van der Waals surface area contributed by atoms with Crippen LogP contribution in [-0.2, 0) is 6.42 Å². The number of hydrogen-bond acceptors (Lipinski definition) is 7. The number of benzene rings is 2. The average Bonchev–Trinajstić information content (AvgIpc) is 3.24. The second-order valence-corrected chi connectivity index (χ2v) is 9.74. The van der Waals surface area contributed by atoms with Gasteiger partial charge >= 0.3 is 0 Å². The van der Waals surface area contributed by atoms with Gasteiger partial charge in [0.05, 0.1) is 17.3 Å². The molecule has 3 N–H and O–H groups in total. The van der Waals surface area contributed by atoms with Crippen LogP contribution < -0.4 is 15.8 Å². The molecule has 0 aliphatic rings. The van der Waals surface area contributed by atoms with Crippen molar-refractivity contribution in [2.75, 3.05) is 19.0 Å². The largest absolute Gasteiger partial charge is 0.496 e. The van der Waals surface area contributed by atoms with Gasteiger partial charge in [0.25, 0.3) is 0 Å². The molecule has 1 unspecified atom stereocenters. The molecule has 3 heterocycles. The van der Waals surface area contributed by atoms with Crippen LogP contribution in [-0.4, -0.2) is 34.6 Å². The SMILES string of the molecule is COc1ccc(F)cc1-c1c(C)sc2c(NCC(N)Cc3ccccc3)nc(-c3ccncc3)nc12. The first-order chi connectivity index (χ1) is 17.5. The number of hydrogen-bond donors (Lipinski definition) is 2. The van der Waals surface area contributed by atoms with Crippen molar-refractivity contribution in [1.82, 2.24) is 15.0 Å². The average molecular weight is 500 g/mol. The monoisotopic (exact) mass is 499 g/mol. The predicted molar refractivity (Wildman–Crippen MR) is 144 cm³/mol. The summed E-state index contributed by atoms with van der Waals surface area (Å²) in [5.74, 6) is 1.50. The number of nitrogens with two attached hydrogens (primary N) is 1. The van der Waals surface area contributed by atoms with E-state index >= 15 is 0 Å². The molecule has 2 aromatic carbocycles. The Morgan fingerprint density at radius 2 is 1.83 bits per heavy atom. The number of aryl methyl sites for hydroxylation is 1. The van der Waals surface area contributed by atoms with Crippen molar-refractivity contribution in [3.05, 3.63) is 89.3 Å². The molecule has 3 aromatic heterocycles. The normalized spacial score (nSPS) is 12.0. The minimum Gasteiger partial charge on any atom is -0.496 e. The van der Waals surface area contributed by atoms with Gasteiger partial charge in [0.15, 0.2) is 5.82 Å². The molecule has 0 amide bonds. The molecule has 8 heteroatoms. The Labute approximate surface area is 213 Å². The summed E-state index contributed by atoms with van der Waals surface area (Å²) in [5, 5.41) is 3.46. The third-order valence-electron chi connectivity index (χ3n) is 5.95. The zero-order valence-electron chi connectivity index (χ0n) is 20.0. The van der Waals surface area contributed by atoms with Gasteiger partial charge in [0, 0.05) is 46.5 Å². The van der Waals surface area contributed by atoms with Crippen molar-refractivity contribution in [1.29, 1.82) is 0 Å². The van der Waals surface area contributed by atoms with Crippen LogP contribution in [0.5, 0.6) is 5.75 Å². The topological polar surface area (TPSA) is 86.0 Å². The molecular formula is C28H26FN5OS. The molecule has 0 aliphatic heterocycles. The predicted octanol–water partition coefficient (Wildman–Crippen LogP) is 5.86. The lowest BCUT2D eigenvalue weighted by Crippen LogP contribution is -2.31. The van der Waals surface area contributed by atoms with Gasteiger partial charge in [-0.25, -0.2) is 14.4 Å². The van der Waals surface area contributed by atoms with E-state index < -0.39 is 0 Å². The Morgan fingerprint density at radius 3 is 2.58 bits per heavy atom. The number of aromatic nitrogens is 3. The van der Waals surface area contributed by atoms with Crippen LogP contribution in [0.3, 0.4) is 0 Å². The fourth-order valence-corrected chi connectivity index (χ4v) is 5.32. The minimum absolute atomic E-state index is 0.106. The number of halogens is 1. The third-order valence-corrected chi connectivity index (χ3v) is 7.05. The van der Waals surface area contributed by atoms with E-state index in [1.54, 1.807) is 36.9 Å². The van der Waals surface area contributed by atoms with Gasteiger partial charge in [0.2, 0.25) is 0 Å². The van der Waals surface area contributed by atoms with E-state index in [1.165, 1.54) is 17.7 Å². The van der Waals surface area contributed by atoms with Crippen LogP contribution in [0.1, 0.15) is 10.4 Å². The Hall–Kier alpha value is -3.88. The molecule has 6 nitrogen and oxygen atoms in total. The van der Waals surface area contributed by atoms with Crippen molar-refractivity contribution < 1.29 is 9.13 Å². The summed E-state index contributed by atoms with van der Waals surface area (Å²) in [7, 11) is 1.58. The van der Waals surface area contributed by atoms with Crippen LogP contribution in [0.2, 0.25) is 0 Å². The van der Waals surface area contributed by atoms with Crippen molar-refractivity contribution in [2.24, 2.45) is 5.73 Å². The van der Waals surface area contributed by atoms with Gasteiger partial charge in [-0.15, -0.1) is 11.3 Å². The van der Waals surface area contributed by atoms with Crippen molar-refractivity contribution in [2.45, 2.75) is 19.4 Å². The fourth-order valence-electron chi connectivity index (χ4n) is 4.25. The molecular weight excluding hydrogens is 473 g/mol. The number of methoxy groups -OCH3 is 1. The van der Waals surface area contributed by atoms with E-state index in [0.717, 1.165) is 32.6 Å². The van der Waals surface area contributed by atoms with Crippen LogP contribution >= 0.6 is 11.3 Å². The van der Waals surface area contributed by atoms with Crippen molar-refractivity contribution >= 4 is 27.4 Å². The zero-order chi connectivity index (χ0) is 25.1. The fraction of sp³-hybridized carbons (Fsp3) is 0.179. The van der Waals surface area contributed by atoms with E-state index in [1.807, 2.05) is 37.3 Å². The molecule has 0 radical (unpaired) electrons. The summed E-state index contributed by atoms with van der Waals surface area (Å²) in [6.45, 7) is 2.54. The molecule has 0 spiro atoms. The Balaban J connectivity index is 1.59. The standard InChI is InChI=1S/C28H26FN5OS/c1-17-24(22-15-20(29)8-9-23(22)35-2)25-26(36-17)28(34-27(33-25)19-10-12-31-13-11-19)32-16-21(30)14-18-6-4-3-5-7-18/h3-13,15,21H,14,16,30H2,1-2H3,(H,32,33,34). The van der Waals surface area contributed by atoms with Gasteiger partial charge in [-0.2, -0.15) is 0 Å². The number of fused-ring (bicyclic) bond motifs is 1. The number of ether oxygens (including phenoxy) is 1. The Kier molecular flexibility index (Phi) is 6.88. The molecule has 1 atom stereocenters. The lowest BCUT2D eigenvalue weighted by molar-refractivity contribution is 0.415. The van der Waals surface area contributed by atoms with Gasteiger partial charge in [-0.1, -0.05) is 30.3 Å². The highest BCUT2D eigenvalue weighted by Gasteiger charge is 2.22. The highest BCUT2D eigenvalue weighted by Crippen LogP contribution is 2.44. The highest BCUT2D eigenvalue weighted by atomic mass is 32.1. The third kappa shape index (κ3) is 4.91. The quantitative estimate of drug-likeness (QED) is 0.278. The number of anilines is 1. The number of thiophene rings is 1. The molecule has 36 heavy (non-hydrogen) atoms. The minimum atomic E-state index is -0.335. The summed E-state index contributed by atoms with van der Waals surface area (Å²) >= 11 is 1.57. The molecule has 5 aromatic rings. The van der Waals surface area contributed by atoms with Crippen LogP contribution in [0, 0.1) is 12.7 Å². The Morgan fingerprint density at radius 1 is 1.06 bits per heavy atom. The molecule has 0 bridgehead atoms. The summed E-state index contributed by atoms with van der Waals surface area (Å²) in [4.78, 5) is 14.9. The van der Waals surface area contributed by atoms with Gasteiger partial charge in [0.1, 0.15) is 17.4 Å². The second kappa shape index (κ2) is 10.4. The first kappa shape index (κ1) is 23.8. The molecule has 182 valence electrons. The van der Waals surface area contributed by atoms with E-state index in [-0.39, 0.29) is 11.9 Å². The lowest BCUT2D eigenvalue weighted by Gasteiger charge is -2.15. The van der Waals surface area contributed by atoms with Crippen LogP contribution in [0.4, 0.5) is 10.2 Å². The molecule has 0 saturated heterocycles. The molecule has 0 aliphatic carbocycles. The maximum Gasteiger partial charge on any atom is 0.162 e. The van der Waals surface area contributed by atoms with Gasteiger partial charge in [-0.05, 0) is 49.2 Å². The summed E-state index contributed by atoms with van der Waals surface area (Å²) in [6.07, 6.45) is 4.16. The van der Waals surface area contributed by atoms with E-state index in [2.05, 4.69) is 22.4 Å². The number of pyridine rings is 1. The molecule has 0 fully saturated rings. The maximum absolute atomic E-state index is 14.3.